The topological polar surface area (TPSA) is 59.0 Å². The molecule has 0 atom stereocenters. The second-order valence-corrected chi connectivity index (χ2v) is 7.71. The van der Waals surface area contributed by atoms with Gasteiger partial charge < -0.3 is 15.2 Å². The highest BCUT2D eigenvalue weighted by atomic mass is 16.1. The van der Waals surface area contributed by atoms with Crippen molar-refractivity contribution in [2.75, 3.05) is 11.9 Å². The van der Waals surface area contributed by atoms with E-state index < -0.39 is 0 Å². The van der Waals surface area contributed by atoms with Crippen LogP contribution in [-0.2, 0) is 31.2 Å². The van der Waals surface area contributed by atoms with E-state index in [4.69, 9.17) is 4.98 Å². The van der Waals surface area contributed by atoms with Gasteiger partial charge in [-0.15, -0.1) is 0 Å². The highest BCUT2D eigenvalue weighted by Gasteiger charge is 2.28. The number of rotatable bonds is 4. The lowest BCUT2D eigenvalue weighted by Crippen LogP contribution is -2.25. The Morgan fingerprint density at radius 1 is 1.30 bits per heavy atom. The molecule has 0 bridgehead atoms. The molecule has 5 rings (SSSR count). The molecular weight excluding hydrogens is 336 g/mol. The van der Waals surface area contributed by atoms with Gasteiger partial charge in [-0.2, -0.15) is 0 Å². The maximum absolute atomic E-state index is 12.6. The van der Waals surface area contributed by atoms with Crippen LogP contribution in [0.3, 0.4) is 0 Å². The van der Waals surface area contributed by atoms with E-state index in [0.717, 1.165) is 47.6 Å². The van der Waals surface area contributed by atoms with Crippen LogP contribution in [0.15, 0.2) is 36.4 Å². The summed E-state index contributed by atoms with van der Waals surface area (Å²) in [4.78, 5) is 17.4. The Hall–Kier alpha value is -2.66. The lowest BCUT2D eigenvalue weighted by Gasteiger charge is -2.20. The summed E-state index contributed by atoms with van der Waals surface area (Å²) < 4.78 is 2.18. The SMILES string of the molecule is Cn1c(C2CC2)nc2cc(NC(=O)Cc3cccc4c3CCNC4)ccc21. The van der Waals surface area contributed by atoms with Gasteiger partial charge in [-0.25, -0.2) is 4.98 Å². The molecule has 2 heterocycles. The first-order valence-corrected chi connectivity index (χ1v) is 9.75. The Labute approximate surface area is 158 Å². The molecule has 0 unspecified atom stereocenters. The van der Waals surface area contributed by atoms with Gasteiger partial charge in [-0.3, -0.25) is 4.79 Å². The zero-order valence-corrected chi connectivity index (χ0v) is 15.6. The molecule has 5 heteroatoms. The zero-order valence-electron chi connectivity index (χ0n) is 15.6. The first-order chi connectivity index (χ1) is 13.2. The van der Waals surface area contributed by atoms with E-state index in [1.807, 2.05) is 18.2 Å². The number of anilines is 1. The van der Waals surface area contributed by atoms with Gasteiger partial charge in [0.2, 0.25) is 5.91 Å². The fourth-order valence-corrected chi connectivity index (χ4v) is 4.16. The summed E-state index contributed by atoms with van der Waals surface area (Å²) in [5.74, 6) is 1.80. The number of amides is 1. The van der Waals surface area contributed by atoms with Crippen LogP contribution in [0.2, 0.25) is 0 Å². The van der Waals surface area contributed by atoms with E-state index in [1.165, 1.54) is 24.0 Å². The van der Waals surface area contributed by atoms with Gasteiger partial charge in [0.1, 0.15) is 5.82 Å². The number of aromatic nitrogens is 2. The van der Waals surface area contributed by atoms with E-state index in [2.05, 4.69) is 40.4 Å². The fraction of sp³-hybridized carbons (Fsp3) is 0.364. The minimum atomic E-state index is 0.0274. The minimum Gasteiger partial charge on any atom is -0.331 e. The smallest absolute Gasteiger partial charge is 0.228 e. The molecule has 27 heavy (non-hydrogen) atoms. The molecule has 2 aliphatic rings. The number of hydrogen-bond acceptors (Lipinski definition) is 3. The van der Waals surface area contributed by atoms with E-state index in [0.29, 0.717) is 12.3 Å². The molecule has 0 saturated heterocycles. The summed E-state index contributed by atoms with van der Waals surface area (Å²) >= 11 is 0. The lowest BCUT2D eigenvalue weighted by molar-refractivity contribution is -0.115. The Bertz CT molecular complexity index is 1030. The predicted molar refractivity (Wildman–Crippen MR) is 107 cm³/mol. The van der Waals surface area contributed by atoms with Crippen molar-refractivity contribution >= 4 is 22.6 Å². The van der Waals surface area contributed by atoms with E-state index in [-0.39, 0.29) is 5.91 Å². The monoisotopic (exact) mass is 360 g/mol. The van der Waals surface area contributed by atoms with Crippen LogP contribution in [0.1, 0.15) is 41.3 Å². The highest BCUT2D eigenvalue weighted by Crippen LogP contribution is 2.40. The number of imidazole rings is 1. The Balaban J connectivity index is 1.35. The maximum atomic E-state index is 12.6. The molecule has 1 aliphatic heterocycles. The average molecular weight is 360 g/mol. The number of nitrogens with one attached hydrogen (secondary N) is 2. The molecule has 1 amide bonds. The number of carbonyl (C=O) groups is 1. The van der Waals surface area contributed by atoms with Crippen molar-refractivity contribution in [2.45, 2.75) is 38.1 Å². The molecule has 138 valence electrons. The van der Waals surface area contributed by atoms with Gasteiger partial charge in [0, 0.05) is 25.2 Å². The number of fused-ring (bicyclic) bond motifs is 2. The summed E-state index contributed by atoms with van der Waals surface area (Å²) in [7, 11) is 2.08. The maximum Gasteiger partial charge on any atom is 0.228 e. The molecule has 0 spiro atoms. The first kappa shape index (κ1) is 16.5. The van der Waals surface area contributed by atoms with Crippen molar-refractivity contribution in [1.82, 2.24) is 14.9 Å². The van der Waals surface area contributed by atoms with Crippen molar-refractivity contribution in [1.29, 1.82) is 0 Å². The molecule has 3 aromatic rings. The summed E-state index contributed by atoms with van der Waals surface area (Å²) in [6.45, 7) is 1.87. The third-order valence-corrected chi connectivity index (χ3v) is 5.73. The fourth-order valence-electron chi connectivity index (χ4n) is 4.16. The van der Waals surface area contributed by atoms with E-state index >= 15 is 0 Å². The number of carbonyl (C=O) groups excluding carboxylic acids is 1. The third-order valence-electron chi connectivity index (χ3n) is 5.73. The van der Waals surface area contributed by atoms with Crippen molar-refractivity contribution in [3.63, 3.8) is 0 Å². The number of aryl methyl sites for hydroxylation is 1. The van der Waals surface area contributed by atoms with Crippen molar-refractivity contribution in [3.8, 4) is 0 Å². The number of hydrogen-bond donors (Lipinski definition) is 2. The summed E-state index contributed by atoms with van der Waals surface area (Å²) in [6.07, 6.45) is 3.87. The first-order valence-electron chi connectivity index (χ1n) is 9.75. The van der Waals surface area contributed by atoms with Crippen molar-refractivity contribution in [2.24, 2.45) is 7.05 Å². The molecule has 2 N–H and O–H groups in total. The summed E-state index contributed by atoms with van der Waals surface area (Å²) in [5, 5.41) is 6.45. The number of nitrogens with zero attached hydrogens (tertiary/aromatic N) is 2. The van der Waals surface area contributed by atoms with Gasteiger partial charge in [-0.05, 0) is 60.7 Å². The quantitative estimate of drug-likeness (QED) is 0.751. The van der Waals surface area contributed by atoms with Crippen LogP contribution >= 0.6 is 0 Å². The lowest BCUT2D eigenvalue weighted by atomic mass is 9.93. The second kappa shape index (κ2) is 6.50. The van der Waals surface area contributed by atoms with Crippen LogP contribution < -0.4 is 10.6 Å². The van der Waals surface area contributed by atoms with Crippen LogP contribution in [-0.4, -0.2) is 22.0 Å². The minimum absolute atomic E-state index is 0.0274. The van der Waals surface area contributed by atoms with Gasteiger partial charge in [0.05, 0.1) is 17.5 Å². The highest BCUT2D eigenvalue weighted by molar-refractivity contribution is 5.94. The van der Waals surface area contributed by atoms with Gasteiger partial charge in [0.25, 0.3) is 0 Å². The Morgan fingerprint density at radius 2 is 2.19 bits per heavy atom. The van der Waals surface area contributed by atoms with Crippen LogP contribution in [0.25, 0.3) is 11.0 Å². The van der Waals surface area contributed by atoms with Crippen LogP contribution in [0.4, 0.5) is 5.69 Å². The number of benzene rings is 2. The van der Waals surface area contributed by atoms with Crippen LogP contribution in [0.5, 0.6) is 0 Å². The summed E-state index contributed by atoms with van der Waals surface area (Å²) in [5.41, 5.74) is 6.69. The average Bonchev–Trinajstić information content (AvgIpc) is 3.46. The van der Waals surface area contributed by atoms with Gasteiger partial charge >= 0.3 is 0 Å². The molecule has 2 aromatic carbocycles. The predicted octanol–water partition coefficient (Wildman–Crippen LogP) is 3.28. The molecular formula is C22H24N4O. The van der Waals surface area contributed by atoms with Gasteiger partial charge in [-0.1, -0.05) is 18.2 Å². The molecule has 1 aromatic heterocycles. The molecule has 0 radical (unpaired) electrons. The van der Waals surface area contributed by atoms with Crippen molar-refractivity contribution < 1.29 is 4.79 Å². The zero-order chi connectivity index (χ0) is 18.4. The van der Waals surface area contributed by atoms with Crippen LogP contribution in [0, 0.1) is 0 Å². The largest absolute Gasteiger partial charge is 0.331 e. The van der Waals surface area contributed by atoms with Crippen molar-refractivity contribution in [3.05, 3.63) is 58.9 Å². The second-order valence-electron chi connectivity index (χ2n) is 7.71. The Kier molecular flexibility index (Phi) is 3.97. The standard InChI is InChI=1S/C22H24N4O/c1-26-20-8-7-17(12-19(20)25-22(26)14-5-6-14)24-21(27)11-15-3-2-4-16-13-23-10-9-18(15)16/h2-4,7-8,12,14,23H,5-6,9-11,13H2,1H3,(H,24,27). The van der Waals surface area contributed by atoms with Gasteiger partial charge in [0.15, 0.2) is 0 Å². The normalized spacial score (nSPS) is 16.3. The molecule has 1 aliphatic carbocycles. The van der Waals surface area contributed by atoms with E-state index in [1.54, 1.807) is 0 Å². The Morgan fingerprint density at radius 3 is 3.04 bits per heavy atom. The summed E-state index contributed by atoms with van der Waals surface area (Å²) in [6, 6.07) is 12.3. The third kappa shape index (κ3) is 3.12. The van der Waals surface area contributed by atoms with E-state index in [9.17, 15) is 4.79 Å². The molecule has 1 saturated carbocycles. The molecule has 5 nitrogen and oxygen atoms in total. The molecule has 1 fully saturated rings.